The van der Waals surface area contributed by atoms with E-state index in [2.05, 4.69) is 62.4 Å². The molecule has 1 fully saturated rings. The van der Waals surface area contributed by atoms with Crippen LogP contribution in [0.3, 0.4) is 0 Å². The van der Waals surface area contributed by atoms with Gasteiger partial charge in [-0.1, -0.05) is 29.8 Å². The van der Waals surface area contributed by atoms with Gasteiger partial charge < -0.3 is 15.0 Å². The zero-order valence-electron chi connectivity index (χ0n) is 13.9. The minimum atomic E-state index is 0.371. The highest BCUT2D eigenvalue weighted by Crippen LogP contribution is 2.23. The van der Waals surface area contributed by atoms with Crippen molar-refractivity contribution < 1.29 is 4.74 Å². The van der Waals surface area contributed by atoms with Gasteiger partial charge in [0.2, 0.25) is 0 Å². The lowest BCUT2D eigenvalue weighted by molar-refractivity contribution is 0.0488. The Labute approximate surface area is 129 Å². The monoisotopic (exact) mass is 290 g/mol. The molecule has 1 aromatic rings. The maximum Gasteiger partial charge on any atom is 0.0472 e. The van der Waals surface area contributed by atoms with Gasteiger partial charge in [-0.25, -0.2) is 0 Å². The van der Waals surface area contributed by atoms with Gasteiger partial charge in [0.05, 0.1) is 0 Å². The fourth-order valence-corrected chi connectivity index (χ4v) is 3.22. The van der Waals surface area contributed by atoms with Gasteiger partial charge >= 0.3 is 0 Å². The molecular formula is C18H30N2O. The molecule has 21 heavy (non-hydrogen) atoms. The van der Waals surface area contributed by atoms with E-state index in [1.54, 1.807) is 0 Å². The molecule has 0 aromatic heterocycles. The van der Waals surface area contributed by atoms with E-state index < -0.39 is 0 Å². The van der Waals surface area contributed by atoms with Gasteiger partial charge in [-0.05, 0) is 52.3 Å². The summed E-state index contributed by atoms with van der Waals surface area (Å²) in [5.41, 5.74) is 2.69. The molecule has 0 saturated carbocycles. The van der Waals surface area contributed by atoms with Crippen LogP contribution in [0.25, 0.3) is 0 Å². The number of hydrogen-bond acceptors (Lipinski definition) is 3. The molecule has 3 nitrogen and oxygen atoms in total. The first-order chi connectivity index (χ1) is 10.1. The first-order valence-corrected chi connectivity index (χ1v) is 8.13. The van der Waals surface area contributed by atoms with E-state index in [1.165, 1.54) is 24.0 Å². The molecule has 0 aliphatic carbocycles. The van der Waals surface area contributed by atoms with E-state index in [-0.39, 0.29) is 0 Å². The molecule has 0 bridgehead atoms. The summed E-state index contributed by atoms with van der Waals surface area (Å²) in [5, 5.41) is 3.49. The van der Waals surface area contributed by atoms with E-state index in [0.717, 1.165) is 25.7 Å². The quantitative estimate of drug-likeness (QED) is 0.871. The van der Waals surface area contributed by atoms with Gasteiger partial charge in [-0.2, -0.15) is 0 Å². The molecule has 0 radical (unpaired) electrons. The predicted molar refractivity (Wildman–Crippen MR) is 88.6 cm³/mol. The van der Waals surface area contributed by atoms with Gasteiger partial charge in [0.15, 0.2) is 0 Å². The Morgan fingerprint density at radius 3 is 2.43 bits per heavy atom. The van der Waals surface area contributed by atoms with Crippen LogP contribution in [-0.2, 0) is 4.74 Å². The zero-order valence-corrected chi connectivity index (χ0v) is 13.9. The molecule has 0 amide bonds. The van der Waals surface area contributed by atoms with Crippen molar-refractivity contribution in [2.45, 2.75) is 38.8 Å². The van der Waals surface area contributed by atoms with Crippen LogP contribution in [0.15, 0.2) is 24.3 Å². The largest absolute Gasteiger partial charge is 0.381 e. The molecular weight excluding hydrogens is 260 g/mol. The lowest BCUT2D eigenvalue weighted by Gasteiger charge is -2.35. The van der Waals surface area contributed by atoms with Gasteiger partial charge in [0.1, 0.15) is 0 Å². The maximum absolute atomic E-state index is 5.46. The van der Waals surface area contributed by atoms with Crippen molar-refractivity contribution in [2.75, 3.05) is 33.9 Å². The summed E-state index contributed by atoms with van der Waals surface area (Å²) in [4.78, 5) is 2.50. The van der Waals surface area contributed by atoms with Gasteiger partial charge in [-0.15, -0.1) is 0 Å². The third-order valence-corrected chi connectivity index (χ3v) is 4.81. The van der Waals surface area contributed by atoms with Crippen LogP contribution in [0, 0.1) is 12.8 Å². The van der Waals surface area contributed by atoms with Crippen LogP contribution in [-0.4, -0.2) is 44.8 Å². The fourth-order valence-electron chi connectivity index (χ4n) is 3.22. The van der Waals surface area contributed by atoms with Crippen molar-refractivity contribution in [2.24, 2.45) is 5.92 Å². The average molecular weight is 290 g/mol. The Balaban J connectivity index is 1.97. The van der Waals surface area contributed by atoms with Gasteiger partial charge in [-0.3, -0.25) is 0 Å². The van der Waals surface area contributed by atoms with Crippen molar-refractivity contribution in [3.8, 4) is 0 Å². The molecule has 3 heteroatoms. The van der Waals surface area contributed by atoms with E-state index in [9.17, 15) is 0 Å². The summed E-state index contributed by atoms with van der Waals surface area (Å²) in [5.74, 6) is 0.779. The molecule has 1 heterocycles. The maximum atomic E-state index is 5.46. The number of benzene rings is 1. The number of ether oxygens (including phenoxy) is 1. The van der Waals surface area contributed by atoms with Crippen molar-refractivity contribution in [1.82, 2.24) is 10.2 Å². The van der Waals surface area contributed by atoms with Gasteiger partial charge in [0, 0.05) is 31.8 Å². The summed E-state index contributed by atoms with van der Waals surface area (Å²) in [6.07, 6.45) is 2.40. The van der Waals surface area contributed by atoms with Crippen LogP contribution in [0.4, 0.5) is 0 Å². The Kier molecular flexibility index (Phi) is 6.22. The lowest BCUT2D eigenvalue weighted by atomic mass is 9.95. The van der Waals surface area contributed by atoms with E-state index in [0.29, 0.717) is 12.1 Å². The molecule has 2 unspecified atom stereocenters. The standard InChI is InChI=1S/C18H30N2O/c1-14-5-7-17(8-6-14)18(19-3)15(2)20(4)13-16-9-11-21-12-10-16/h5-8,15-16,18-19H,9-13H2,1-4H3. The summed E-state index contributed by atoms with van der Waals surface area (Å²) in [7, 11) is 4.31. The second-order valence-electron chi connectivity index (χ2n) is 6.41. The highest BCUT2D eigenvalue weighted by molar-refractivity contribution is 5.25. The predicted octanol–water partition coefficient (Wildman–Crippen LogP) is 3.00. The molecule has 1 aromatic carbocycles. The normalized spacial score (nSPS) is 19.7. The van der Waals surface area contributed by atoms with E-state index in [1.807, 2.05) is 0 Å². The summed E-state index contributed by atoms with van der Waals surface area (Å²) in [6.45, 7) is 7.48. The first-order valence-electron chi connectivity index (χ1n) is 8.13. The number of rotatable bonds is 6. The second kappa shape index (κ2) is 7.92. The van der Waals surface area contributed by atoms with Crippen LogP contribution >= 0.6 is 0 Å². The minimum Gasteiger partial charge on any atom is -0.381 e. The van der Waals surface area contributed by atoms with Crippen LogP contribution in [0.2, 0.25) is 0 Å². The lowest BCUT2D eigenvalue weighted by Crippen LogP contribution is -2.42. The Morgan fingerprint density at radius 1 is 1.24 bits per heavy atom. The van der Waals surface area contributed by atoms with Crippen LogP contribution < -0.4 is 5.32 Å². The second-order valence-corrected chi connectivity index (χ2v) is 6.41. The Hall–Kier alpha value is -0.900. The van der Waals surface area contributed by atoms with Crippen molar-refractivity contribution in [1.29, 1.82) is 0 Å². The molecule has 2 rings (SSSR count). The minimum absolute atomic E-state index is 0.371. The summed E-state index contributed by atoms with van der Waals surface area (Å²) in [6, 6.07) is 9.73. The highest BCUT2D eigenvalue weighted by atomic mass is 16.5. The number of likely N-dealkylation sites (N-methyl/N-ethyl adjacent to an activating group) is 2. The smallest absolute Gasteiger partial charge is 0.0472 e. The third-order valence-electron chi connectivity index (χ3n) is 4.81. The molecule has 1 N–H and O–H groups in total. The molecule has 1 aliphatic rings. The summed E-state index contributed by atoms with van der Waals surface area (Å²) >= 11 is 0. The SMILES string of the molecule is CNC(c1ccc(C)cc1)C(C)N(C)CC1CCOCC1. The molecule has 2 atom stereocenters. The third kappa shape index (κ3) is 4.53. The van der Waals surface area contributed by atoms with E-state index in [4.69, 9.17) is 4.74 Å². The van der Waals surface area contributed by atoms with Gasteiger partial charge in [0.25, 0.3) is 0 Å². The molecule has 118 valence electrons. The molecule has 1 aliphatic heterocycles. The van der Waals surface area contributed by atoms with Crippen molar-refractivity contribution in [3.63, 3.8) is 0 Å². The number of hydrogen-bond donors (Lipinski definition) is 1. The highest BCUT2D eigenvalue weighted by Gasteiger charge is 2.24. The number of aryl methyl sites for hydroxylation is 1. The van der Waals surface area contributed by atoms with Crippen LogP contribution in [0.1, 0.15) is 36.9 Å². The summed E-state index contributed by atoms with van der Waals surface area (Å²) < 4.78 is 5.46. The number of nitrogens with zero attached hydrogens (tertiary/aromatic N) is 1. The topological polar surface area (TPSA) is 24.5 Å². The molecule has 0 spiro atoms. The fraction of sp³-hybridized carbons (Fsp3) is 0.667. The number of nitrogens with one attached hydrogen (secondary N) is 1. The Bertz CT molecular complexity index is 412. The van der Waals surface area contributed by atoms with Crippen LogP contribution in [0.5, 0.6) is 0 Å². The molecule has 1 saturated heterocycles. The first kappa shape index (κ1) is 16.5. The average Bonchev–Trinajstić information content (AvgIpc) is 2.50. The Morgan fingerprint density at radius 2 is 1.86 bits per heavy atom. The zero-order chi connectivity index (χ0) is 15.2. The van der Waals surface area contributed by atoms with E-state index >= 15 is 0 Å². The van der Waals surface area contributed by atoms with Crippen molar-refractivity contribution in [3.05, 3.63) is 35.4 Å². The van der Waals surface area contributed by atoms with Crippen molar-refractivity contribution >= 4 is 0 Å².